The van der Waals surface area contributed by atoms with Gasteiger partial charge in [-0.2, -0.15) is 0 Å². The zero-order valence-corrected chi connectivity index (χ0v) is 11.8. The van der Waals surface area contributed by atoms with Crippen molar-refractivity contribution >= 4 is 0 Å². The Balaban J connectivity index is 1.84. The number of nitrogens with one attached hydrogen (secondary N) is 1. The number of aryl methyl sites for hydroxylation is 1. The summed E-state index contributed by atoms with van der Waals surface area (Å²) >= 11 is 0. The molecule has 0 saturated carbocycles. The number of hydrogen-bond acceptors (Lipinski definition) is 3. The van der Waals surface area contributed by atoms with E-state index in [1.54, 1.807) is 0 Å². The predicted molar refractivity (Wildman–Crippen MR) is 72.6 cm³/mol. The Kier molecular flexibility index (Phi) is 4.78. The van der Waals surface area contributed by atoms with Gasteiger partial charge in [-0.15, -0.1) is 0 Å². The quantitative estimate of drug-likeness (QED) is 0.785. The lowest BCUT2D eigenvalue weighted by atomic mass is 10.1. The number of hydrogen-bond donors (Lipinski definition) is 1. The molecule has 0 atom stereocenters. The fourth-order valence-corrected chi connectivity index (χ4v) is 2.38. The molecule has 1 aromatic heterocycles. The molecule has 0 amide bonds. The molecule has 1 N–H and O–H groups in total. The minimum atomic E-state index is 0.721. The van der Waals surface area contributed by atoms with E-state index in [-0.39, 0.29) is 0 Å². The van der Waals surface area contributed by atoms with Crippen molar-refractivity contribution in [2.75, 3.05) is 19.8 Å². The van der Waals surface area contributed by atoms with E-state index in [1.807, 2.05) is 0 Å². The van der Waals surface area contributed by atoms with E-state index < -0.39 is 0 Å². The van der Waals surface area contributed by atoms with Gasteiger partial charge in [0.15, 0.2) is 0 Å². The van der Waals surface area contributed by atoms with Crippen molar-refractivity contribution in [3.05, 3.63) is 17.2 Å². The van der Waals surface area contributed by atoms with Crippen LogP contribution in [0.3, 0.4) is 0 Å². The third-order valence-electron chi connectivity index (χ3n) is 3.48. The lowest BCUT2D eigenvalue weighted by Crippen LogP contribution is -2.25. The van der Waals surface area contributed by atoms with Crippen LogP contribution >= 0.6 is 0 Å². The van der Waals surface area contributed by atoms with Crippen molar-refractivity contribution in [2.45, 2.75) is 46.7 Å². The molecule has 4 nitrogen and oxygen atoms in total. The Morgan fingerprint density at radius 2 is 2.22 bits per heavy atom. The average molecular weight is 251 g/mol. The van der Waals surface area contributed by atoms with Crippen molar-refractivity contribution in [1.82, 2.24) is 14.9 Å². The SMILES string of the molecule is Cc1nc2c(n1CCOCCC(C)C)CCNC2. The van der Waals surface area contributed by atoms with E-state index in [0.717, 1.165) is 57.4 Å². The van der Waals surface area contributed by atoms with Crippen molar-refractivity contribution in [3.63, 3.8) is 0 Å². The molecule has 2 rings (SSSR count). The Bertz CT molecular complexity index is 385. The molecule has 0 unspecified atom stereocenters. The first-order valence-corrected chi connectivity index (χ1v) is 7.02. The van der Waals surface area contributed by atoms with Crippen LogP contribution in [0.1, 0.15) is 37.5 Å². The minimum absolute atomic E-state index is 0.721. The van der Waals surface area contributed by atoms with Crippen molar-refractivity contribution in [1.29, 1.82) is 0 Å². The first-order valence-electron chi connectivity index (χ1n) is 7.02. The van der Waals surface area contributed by atoms with E-state index in [4.69, 9.17) is 4.74 Å². The standard InChI is InChI=1S/C14H25N3O/c1-11(2)5-8-18-9-7-17-12(3)16-13-10-15-6-4-14(13)17/h11,15H,4-10H2,1-3H3. The first-order chi connectivity index (χ1) is 8.68. The van der Waals surface area contributed by atoms with Gasteiger partial charge in [-0.05, 0) is 19.3 Å². The lowest BCUT2D eigenvalue weighted by molar-refractivity contribution is 0.115. The molecule has 1 aromatic rings. The van der Waals surface area contributed by atoms with Gasteiger partial charge in [0.1, 0.15) is 5.82 Å². The van der Waals surface area contributed by atoms with Crippen molar-refractivity contribution in [2.24, 2.45) is 5.92 Å². The number of fused-ring (bicyclic) bond motifs is 1. The number of imidazole rings is 1. The summed E-state index contributed by atoms with van der Waals surface area (Å²) in [5.74, 6) is 1.84. The summed E-state index contributed by atoms with van der Waals surface area (Å²) in [4.78, 5) is 4.62. The average Bonchev–Trinajstić information content (AvgIpc) is 2.65. The molecule has 4 heteroatoms. The van der Waals surface area contributed by atoms with Crippen LogP contribution in [-0.4, -0.2) is 29.3 Å². The van der Waals surface area contributed by atoms with Gasteiger partial charge in [0.05, 0.1) is 12.3 Å². The molecule has 0 fully saturated rings. The zero-order valence-electron chi connectivity index (χ0n) is 11.8. The topological polar surface area (TPSA) is 39.1 Å². The fraction of sp³-hybridized carbons (Fsp3) is 0.786. The molecule has 18 heavy (non-hydrogen) atoms. The van der Waals surface area contributed by atoms with Crippen molar-refractivity contribution < 1.29 is 4.74 Å². The summed E-state index contributed by atoms with van der Waals surface area (Å²) in [6, 6.07) is 0. The Labute approximate surface area is 110 Å². The highest BCUT2D eigenvalue weighted by Gasteiger charge is 2.17. The van der Waals surface area contributed by atoms with Crippen LogP contribution in [0.25, 0.3) is 0 Å². The van der Waals surface area contributed by atoms with E-state index in [9.17, 15) is 0 Å². The van der Waals surface area contributed by atoms with Gasteiger partial charge in [0, 0.05) is 38.4 Å². The summed E-state index contributed by atoms with van der Waals surface area (Å²) in [7, 11) is 0. The Morgan fingerprint density at radius 1 is 1.39 bits per heavy atom. The van der Waals surface area contributed by atoms with E-state index in [0.29, 0.717) is 0 Å². The maximum atomic E-state index is 5.70. The van der Waals surface area contributed by atoms with Crippen LogP contribution in [0.4, 0.5) is 0 Å². The monoisotopic (exact) mass is 251 g/mol. The number of rotatable bonds is 6. The van der Waals surface area contributed by atoms with Gasteiger partial charge in [0.2, 0.25) is 0 Å². The van der Waals surface area contributed by atoms with Gasteiger partial charge in [0.25, 0.3) is 0 Å². The van der Waals surface area contributed by atoms with Gasteiger partial charge < -0.3 is 14.6 Å². The largest absolute Gasteiger partial charge is 0.380 e. The predicted octanol–water partition coefficient (Wildman–Crippen LogP) is 1.90. The van der Waals surface area contributed by atoms with Crippen LogP contribution in [0, 0.1) is 12.8 Å². The molecule has 2 heterocycles. The van der Waals surface area contributed by atoms with Gasteiger partial charge in [-0.1, -0.05) is 13.8 Å². The smallest absolute Gasteiger partial charge is 0.106 e. The van der Waals surface area contributed by atoms with Gasteiger partial charge in [-0.3, -0.25) is 0 Å². The third-order valence-corrected chi connectivity index (χ3v) is 3.48. The summed E-state index contributed by atoms with van der Waals surface area (Å²) in [6.07, 6.45) is 2.23. The summed E-state index contributed by atoms with van der Waals surface area (Å²) in [5, 5.41) is 3.36. The number of nitrogens with zero attached hydrogens (tertiary/aromatic N) is 2. The molecule has 1 aliphatic rings. The highest BCUT2D eigenvalue weighted by Crippen LogP contribution is 2.15. The minimum Gasteiger partial charge on any atom is -0.380 e. The Morgan fingerprint density at radius 3 is 3.00 bits per heavy atom. The van der Waals surface area contributed by atoms with E-state index >= 15 is 0 Å². The third kappa shape index (κ3) is 3.33. The second kappa shape index (κ2) is 6.34. The summed E-state index contributed by atoms with van der Waals surface area (Å²) in [5.41, 5.74) is 2.62. The molecule has 0 saturated heterocycles. The lowest BCUT2D eigenvalue weighted by Gasteiger charge is -2.16. The second-order valence-electron chi connectivity index (χ2n) is 5.43. The fourth-order valence-electron chi connectivity index (χ4n) is 2.38. The van der Waals surface area contributed by atoms with Crippen LogP contribution < -0.4 is 5.32 Å². The van der Waals surface area contributed by atoms with Crippen molar-refractivity contribution in [3.8, 4) is 0 Å². The summed E-state index contributed by atoms with van der Waals surface area (Å²) < 4.78 is 8.02. The highest BCUT2D eigenvalue weighted by atomic mass is 16.5. The number of ether oxygens (including phenoxy) is 1. The van der Waals surface area contributed by atoms with Crippen LogP contribution in [0.2, 0.25) is 0 Å². The normalized spacial score (nSPS) is 15.1. The molecular weight excluding hydrogens is 226 g/mol. The van der Waals surface area contributed by atoms with Crippen LogP contribution in [0.5, 0.6) is 0 Å². The molecule has 102 valence electrons. The molecule has 0 spiro atoms. The molecule has 0 aromatic carbocycles. The highest BCUT2D eigenvalue weighted by molar-refractivity contribution is 5.19. The zero-order chi connectivity index (χ0) is 13.0. The maximum Gasteiger partial charge on any atom is 0.106 e. The molecule has 0 radical (unpaired) electrons. The maximum absolute atomic E-state index is 5.70. The number of aromatic nitrogens is 2. The van der Waals surface area contributed by atoms with Gasteiger partial charge in [-0.25, -0.2) is 4.98 Å². The molecule has 0 aliphatic carbocycles. The second-order valence-corrected chi connectivity index (χ2v) is 5.43. The van der Waals surface area contributed by atoms with E-state index in [2.05, 4.69) is 35.6 Å². The van der Waals surface area contributed by atoms with Crippen LogP contribution in [0.15, 0.2) is 0 Å². The Hall–Kier alpha value is -0.870. The summed E-state index contributed by atoms with van der Waals surface area (Å²) in [6.45, 7) is 11.1. The first kappa shape index (κ1) is 13.6. The molecule has 0 bridgehead atoms. The van der Waals surface area contributed by atoms with E-state index in [1.165, 1.54) is 11.4 Å². The van der Waals surface area contributed by atoms with Gasteiger partial charge >= 0.3 is 0 Å². The molecule has 1 aliphatic heterocycles. The molecular formula is C14H25N3O. The van der Waals surface area contributed by atoms with Crippen LogP contribution in [-0.2, 0) is 24.2 Å².